The lowest BCUT2D eigenvalue weighted by molar-refractivity contribution is -0.122. The third-order valence-electron chi connectivity index (χ3n) is 2.90. The highest BCUT2D eigenvalue weighted by molar-refractivity contribution is 5.75. The van der Waals surface area contributed by atoms with Gasteiger partial charge in [-0.1, -0.05) is 0 Å². The Bertz CT molecular complexity index is 451. The largest absolute Gasteiger partial charge is 0.393 e. The average molecular weight is 237 g/mol. The van der Waals surface area contributed by atoms with E-state index in [-0.39, 0.29) is 18.6 Å². The Morgan fingerprint density at radius 3 is 3.00 bits per heavy atom. The van der Waals surface area contributed by atoms with Gasteiger partial charge in [0.05, 0.1) is 6.10 Å². The third-order valence-corrected chi connectivity index (χ3v) is 2.90. The number of carbonyl (C=O) groups excluding carboxylic acids is 1. The summed E-state index contributed by atoms with van der Waals surface area (Å²) in [4.78, 5) is 26.3. The molecule has 1 fully saturated rings. The van der Waals surface area contributed by atoms with Gasteiger partial charge >= 0.3 is 5.69 Å². The van der Waals surface area contributed by atoms with Crippen molar-refractivity contribution in [3.63, 3.8) is 0 Å². The second-order valence-electron chi connectivity index (χ2n) is 4.33. The fourth-order valence-electron chi connectivity index (χ4n) is 1.84. The number of rotatable bonds is 4. The van der Waals surface area contributed by atoms with E-state index in [2.05, 4.69) is 10.3 Å². The van der Waals surface area contributed by atoms with Crippen molar-refractivity contribution in [2.45, 2.75) is 25.5 Å². The maximum Gasteiger partial charge on any atom is 0.347 e. The summed E-state index contributed by atoms with van der Waals surface area (Å²) in [7, 11) is 0. The van der Waals surface area contributed by atoms with E-state index in [1.165, 1.54) is 17.0 Å². The maximum absolute atomic E-state index is 11.5. The predicted molar refractivity (Wildman–Crippen MR) is 60.2 cm³/mol. The number of aromatic nitrogens is 2. The molecule has 6 heteroatoms. The van der Waals surface area contributed by atoms with Crippen LogP contribution >= 0.6 is 0 Å². The molecule has 92 valence electrons. The first-order valence-corrected chi connectivity index (χ1v) is 5.61. The Morgan fingerprint density at radius 2 is 2.35 bits per heavy atom. The van der Waals surface area contributed by atoms with E-state index >= 15 is 0 Å². The van der Waals surface area contributed by atoms with Crippen molar-refractivity contribution < 1.29 is 9.90 Å². The van der Waals surface area contributed by atoms with E-state index in [0.717, 1.165) is 12.8 Å². The van der Waals surface area contributed by atoms with Gasteiger partial charge in [-0.3, -0.25) is 9.36 Å². The van der Waals surface area contributed by atoms with Crippen LogP contribution in [0.2, 0.25) is 0 Å². The molecule has 1 aliphatic carbocycles. The van der Waals surface area contributed by atoms with Crippen LogP contribution in [0.1, 0.15) is 12.8 Å². The van der Waals surface area contributed by atoms with Crippen LogP contribution in [0.15, 0.2) is 23.3 Å². The summed E-state index contributed by atoms with van der Waals surface area (Å²) in [6, 6.07) is 1.61. The first-order chi connectivity index (χ1) is 8.15. The first-order valence-electron chi connectivity index (χ1n) is 5.61. The molecule has 1 aromatic heterocycles. The molecule has 0 radical (unpaired) electrons. The minimum Gasteiger partial charge on any atom is -0.393 e. The molecule has 6 nitrogen and oxygen atoms in total. The van der Waals surface area contributed by atoms with Crippen LogP contribution in [-0.4, -0.2) is 33.2 Å². The lowest BCUT2D eigenvalue weighted by Crippen LogP contribution is -2.40. The molecule has 0 atom stereocenters. The Hall–Kier alpha value is -1.69. The lowest BCUT2D eigenvalue weighted by atomic mass is 9.82. The molecule has 0 saturated heterocycles. The number of aliphatic hydroxyl groups is 1. The zero-order valence-electron chi connectivity index (χ0n) is 9.37. The van der Waals surface area contributed by atoms with Crippen molar-refractivity contribution in [3.05, 3.63) is 28.9 Å². The minimum absolute atomic E-state index is 0.0120. The van der Waals surface area contributed by atoms with Crippen LogP contribution in [-0.2, 0) is 11.3 Å². The minimum atomic E-state index is -0.429. The maximum atomic E-state index is 11.5. The van der Waals surface area contributed by atoms with Gasteiger partial charge < -0.3 is 10.4 Å². The summed E-state index contributed by atoms with van der Waals surface area (Å²) >= 11 is 0. The number of hydrogen-bond donors (Lipinski definition) is 2. The molecule has 0 bridgehead atoms. The van der Waals surface area contributed by atoms with Gasteiger partial charge in [0.25, 0.3) is 0 Å². The molecule has 1 amide bonds. The average Bonchev–Trinajstić information content (AvgIpc) is 2.26. The Kier molecular flexibility index (Phi) is 3.53. The van der Waals surface area contributed by atoms with E-state index in [1.54, 1.807) is 6.07 Å². The van der Waals surface area contributed by atoms with E-state index in [4.69, 9.17) is 5.11 Å². The summed E-state index contributed by atoms with van der Waals surface area (Å²) < 4.78 is 1.25. The van der Waals surface area contributed by atoms with Crippen molar-refractivity contribution in [3.8, 4) is 0 Å². The number of carbonyl (C=O) groups is 1. The molecular formula is C11H15N3O3. The van der Waals surface area contributed by atoms with Gasteiger partial charge in [-0.15, -0.1) is 0 Å². The van der Waals surface area contributed by atoms with E-state index in [9.17, 15) is 9.59 Å². The number of hydrogen-bond acceptors (Lipinski definition) is 4. The molecule has 0 aromatic carbocycles. The SMILES string of the molecule is O=C(Cn1cccnc1=O)NCC1CC(O)C1. The van der Waals surface area contributed by atoms with Gasteiger partial charge in [-0.05, 0) is 24.8 Å². The van der Waals surface area contributed by atoms with Crippen LogP contribution in [0.5, 0.6) is 0 Å². The molecule has 1 heterocycles. The fourth-order valence-corrected chi connectivity index (χ4v) is 1.84. The van der Waals surface area contributed by atoms with E-state index in [1.807, 2.05) is 0 Å². The molecule has 0 spiro atoms. The summed E-state index contributed by atoms with van der Waals surface area (Å²) in [5.74, 6) is 0.154. The summed E-state index contributed by atoms with van der Waals surface area (Å²) in [6.07, 6.45) is 4.20. The van der Waals surface area contributed by atoms with Gasteiger partial charge in [0.2, 0.25) is 5.91 Å². The van der Waals surface area contributed by atoms with Gasteiger partial charge in [-0.2, -0.15) is 0 Å². The smallest absolute Gasteiger partial charge is 0.347 e. The number of nitrogens with zero attached hydrogens (tertiary/aromatic N) is 2. The van der Waals surface area contributed by atoms with Crippen LogP contribution in [0.3, 0.4) is 0 Å². The fraction of sp³-hybridized carbons (Fsp3) is 0.545. The molecular weight excluding hydrogens is 222 g/mol. The lowest BCUT2D eigenvalue weighted by Gasteiger charge is -2.31. The number of amides is 1. The molecule has 0 aliphatic heterocycles. The van der Waals surface area contributed by atoms with E-state index < -0.39 is 5.69 Å². The van der Waals surface area contributed by atoms with Crippen molar-refractivity contribution >= 4 is 5.91 Å². The zero-order valence-corrected chi connectivity index (χ0v) is 9.37. The highest BCUT2D eigenvalue weighted by Crippen LogP contribution is 2.25. The van der Waals surface area contributed by atoms with Crippen molar-refractivity contribution in [2.75, 3.05) is 6.54 Å². The topological polar surface area (TPSA) is 84.2 Å². The first kappa shape index (κ1) is 11.8. The normalized spacial score (nSPS) is 22.9. The second-order valence-corrected chi connectivity index (χ2v) is 4.33. The Balaban J connectivity index is 1.78. The predicted octanol–water partition coefficient (Wildman–Crippen LogP) is -0.870. The van der Waals surface area contributed by atoms with Crippen LogP contribution in [0.25, 0.3) is 0 Å². The molecule has 1 saturated carbocycles. The Morgan fingerprint density at radius 1 is 1.59 bits per heavy atom. The van der Waals surface area contributed by atoms with E-state index in [0.29, 0.717) is 12.5 Å². The molecule has 2 N–H and O–H groups in total. The van der Waals surface area contributed by atoms with Crippen LogP contribution in [0, 0.1) is 5.92 Å². The molecule has 17 heavy (non-hydrogen) atoms. The highest BCUT2D eigenvalue weighted by atomic mass is 16.3. The molecule has 2 rings (SSSR count). The Labute approximate surface area is 98.3 Å². The quantitative estimate of drug-likeness (QED) is 0.713. The van der Waals surface area contributed by atoms with Gasteiger partial charge in [0.15, 0.2) is 0 Å². The number of aliphatic hydroxyl groups excluding tert-OH is 1. The summed E-state index contributed by atoms with van der Waals surface area (Å²) in [5.41, 5.74) is -0.429. The van der Waals surface area contributed by atoms with Crippen LogP contribution in [0.4, 0.5) is 0 Å². The number of nitrogens with one attached hydrogen (secondary N) is 1. The molecule has 1 aromatic rings. The summed E-state index contributed by atoms with van der Waals surface area (Å²) in [5, 5.41) is 11.8. The zero-order chi connectivity index (χ0) is 12.3. The molecule has 1 aliphatic rings. The highest BCUT2D eigenvalue weighted by Gasteiger charge is 2.27. The standard InChI is InChI=1S/C11H15N3O3/c15-9-4-8(5-9)6-13-10(16)7-14-3-1-2-12-11(14)17/h1-3,8-9,15H,4-7H2,(H,13,16). The van der Waals surface area contributed by atoms with Crippen LogP contribution < -0.4 is 11.0 Å². The van der Waals surface area contributed by atoms with Gasteiger partial charge in [0, 0.05) is 18.9 Å². The third kappa shape index (κ3) is 3.13. The monoisotopic (exact) mass is 237 g/mol. The van der Waals surface area contributed by atoms with Crippen molar-refractivity contribution in [1.29, 1.82) is 0 Å². The molecule has 0 unspecified atom stereocenters. The second kappa shape index (κ2) is 5.09. The van der Waals surface area contributed by atoms with Gasteiger partial charge in [-0.25, -0.2) is 9.78 Å². The van der Waals surface area contributed by atoms with Crippen molar-refractivity contribution in [1.82, 2.24) is 14.9 Å². The van der Waals surface area contributed by atoms with Crippen molar-refractivity contribution in [2.24, 2.45) is 5.92 Å². The summed E-state index contributed by atoms with van der Waals surface area (Å²) in [6.45, 7) is 0.548. The van der Waals surface area contributed by atoms with Gasteiger partial charge in [0.1, 0.15) is 6.54 Å².